The summed E-state index contributed by atoms with van der Waals surface area (Å²) in [6, 6.07) is 5.45. The van der Waals surface area contributed by atoms with Crippen molar-refractivity contribution >= 4 is 17.7 Å². The van der Waals surface area contributed by atoms with Gasteiger partial charge in [-0.2, -0.15) is 0 Å². The van der Waals surface area contributed by atoms with Gasteiger partial charge in [0.15, 0.2) is 11.5 Å². The van der Waals surface area contributed by atoms with Crippen LogP contribution in [0.4, 0.5) is 11.8 Å². The third-order valence-electron chi connectivity index (χ3n) is 5.44. The molecule has 2 aromatic heterocycles. The molecule has 152 valence electrons. The number of allylic oxidation sites excluding steroid dienone is 1. The number of hydrogen-bond donors (Lipinski definition) is 1. The van der Waals surface area contributed by atoms with E-state index in [1.54, 1.807) is 18.5 Å². The van der Waals surface area contributed by atoms with Crippen molar-refractivity contribution < 1.29 is 4.79 Å². The van der Waals surface area contributed by atoms with Gasteiger partial charge in [0.25, 0.3) is 5.91 Å². The highest BCUT2D eigenvalue weighted by Gasteiger charge is 2.20. The Labute approximate surface area is 171 Å². The smallest absolute Gasteiger partial charge is 0.271 e. The number of carbonyl (C=O) groups excluding carboxylic acids is 1. The lowest BCUT2D eigenvalue weighted by Crippen LogP contribution is -2.47. The molecule has 0 aromatic carbocycles. The maximum absolute atomic E-state index is 12.3. The molecule has 0 spiro atoms. The van der Waals surface area contributed by atoms with Crippen molar-refractivity contribution in [2.45, 2.75) is 32.1 Å². The van der Waals surface area contributed by atoms with Crippen molar-refractivity contribution in [1.82, 2.24) is 25.5 Å². The van der Waals surface area contributed by atoms with Gasteiger partial charge in [0.2, 0.25) is 5.95 Å². The summed E-state index contributed by atoms with van der Waals surface area (Å²) in [4.78, 5) is 25.2. The van der Waals surface area contributed by atoms with Crippen LogP contribution in [0.1, 0.15) is 42.6 Å². The lowest BCUT2D eigenvalue weighted by atomic mass is 9.97. The molecular formula is C21H27N7O. The number of piperazine rings is 1. The molecule has 2 aromatic rings. The molecule has 1 aliphatic heterocycles. The highest BCUT2D eigenvalue weighted by atomic mass is 16.1. The Morgan fingerprint density at radius 1 is 1.00 bits per heavy atom. The molecular weight excluding hydrogens is 366 g/mol. The highest BCUT2D eigenvalue weighted by molar-refractivity contribution is 5.92. The fourth-order valence-electron chi connectivity index (χ4n) is 3.76. The zero-order valence-corrected chi connectivity index (χ0v) is 16.6. The van der Waals surface area contributed by atoms with Crippen molar-refractivity contribution in [2.75, 3.05) is 42.5 Å². The van der Waals surface area contributed by atoms with Crippen LogP contribution in [0.25, 0.3) is 0 Å². The molecule has 1 fully saturated rings. The van der Waals surface area contributed by atoms with Crippen LogP contribution in [0.2, 0.25) is 0 Å². The molecule has 4 rings (SSSR count). The van der Waals surface area contributed by atoms with Gasteiger partial charge in [-0.25, -0.2) is 9.97 Å². The largest absolute Gasteiger partial charge is 0.352 e. The summed E-state index contributed by atoms with van der Waals surface area (Å²) in [6.45, 7) is 3.92. The van der Waals surface area contributed by atoms with E-state index < -0.39 is 0 Å². The lowest BCUT2D eigenvalue weighted by molar-refractivity contribution is 0.0948. The van der Waals surface area contributed by atoms with E-state index >= 15 is 0 Å². The SMILES string of the molecule is O=C(NCCC1=CCCCC1)c1ccc(N2CCN(c3ncccn3)CC2)nn1. The third-order valence-corrected chi connectivity index (χ3v) is 5.44. The van der Waals surface area contributed by atoms with E-state index in [1.165, 1.54) is 24.8 Å². The predicted octanol–water partition coefficient (Wildman–Crippen LogP) is 2.21. The topological polar surface area (TPSA) is 87.1 Å². The Morgan fingerprint density at radius 2 is 1.79 bits per heavy atom. The number of hydrogen-bond acceptors (Lipinski definition) is 7. The van der Waals surface area contributed by atoms with E-state index in [9.17, 15) is 4.79 Å². The van der Waals surface area contributed by atoms with Gasteiger partial charge in [-0.1, -0.05) is 11.6 Å². The van der Waals surface area contributed by atoms with E-state index in [2.05, 4.69) is 41.4 Å². The first-order chi connectivity index (χ1) is 14.3. The van der Waals surface area contributed by atoms with Gasteiger partial charge in [0.05, 0.1) is 0 Å². The predicted molar refractivity (Wildman–Crippen MR) is 112 cm³/mol. The minimum absolute atomic E-state index is 0.161. The van der Waals surface area contributed by atoms with E-state index in [-0.39, 0.29) is 5.91 Å². The first-order valence-electron chi connectivity index (χ1n) is 10.4. The van der Waals surface area contributed by atoms with Crippen molar-refractivity contribution in [3.8, 4) is 0 Å². The van der Waals surface area contributed by atoms with E-state index in [0.29, 0.717) is 12.2 Å². The second-order valence-corrected chi connectivity index (χ2v) is 7.41. The van der Waals surface area contributed by atoms with Crippen LogP contribution >= 0.6 is 0 Å². The van der Waals surface area contributed by atoms with Crippen LogP contribution in [0.3, 0.4) is 0 Å². The third kappa shape index (κ3) is 5.07. The fraction of sp³-hybridized carbons (Fsp3) is 0.476. The fourth-order valence-corrected chi connectivity index (χ4v) is 3.76. The first kappa shape index (κ1) is 19.3. The van der Waals surface area contributed by atoms with E-state index in [0.717, 1.165) is 50.8 Å². The monoisotopic (exact) mass is 393 g/mol. The number of nitrogens with one attached hydrogen (secondary N) is 1. The van der Waals surface area contributed by atoms with Crippen LogP contribution in [-0.2, 0) is 0 Å². The molecule has 8 heteroatoms. The Hall–Kier alpha value is -3.03. The van der Waals surface area contributed by atoms with Gasteiger partial charge in [0.1, 0.15) is 0 Å². The maximum Gasteiger partial charge on any atom is 0.271 e. The molecule has 0 bridgehead atoms. The average molecular weight is 393 g/mol. The van der Waals surface area contributed by atoms with Crippen molar-refractivity contribution in [1.29, 1.82) is 0 Å². The van der Waals surface area contributed by atoms with Crippen LogP contribution in [-0.4, -0.2) is 58.8 Å². The van der Waals surface area contributed by atoms with Crippen molar-refractivity contribution in [3.05, 3.63) is 47.9 Å². The standard InChI is InChI=1S/C21H27N7O/c29-20(22-12-9-17-5-2-1-3-6-17)18-7-8-19(26-25-18)27-13-15-28(16-14-27)21-23-10-4-11-24-21/h4-5,7-8,10-11H,1-3,6,9,12-16H2,(H,22,29). The molecule has 2 aliphatic rings. The zero-order valence-electron chi connectivity index (χ0n) is 16.6. The molecule has 1 amide bonds. The van der Waals surface area contributed by atoms with Crippen LogP contribution in [0.5, 0.6) is 0 Å². The minimum Gasteiger partial charge on any atom is -0.352 e. The number of nitrogens with zero attached hydrogens (tertiary/aromatic N) is 6. The molecule has 1 aliphatic carbocycles. The molecule has 0 radical (unpaired) electrons. The lowest BCUT2D eigenvalue weighted by Gasteiger charge is -2.35. The van der Waals surface area contributed by atoms with Crippen LogP contribution in [0.15, 0.2) is 42.2 Å². The summed E-state index contributed by atoms with van der Waals surface area (Å²) >= 11 is 0. The van der Waals surface area contributed by atoms with Crippen LogP contribution < -0.4 is 15.1 Å². The van der Waals surface area contributed by atoms with E-state index in [4.69, 9.17) is 0 Å². The van der Waals surface area contributed by atoms with Gasteiger partial charge in [-0.05, 0) is 50.3 Å². The summed E-state index contributed by atoms with van der Waals surface area (Å²) in [7, 11) is 0. The number of carbonyl (C=O) groups is 1. The molecule has 0 atom stereocenters. The Morgan fingerprint density at radius 3 is 2.48 bits per heavy atom. The first-order valence-corrected chi connectivity index (χ1v) is 10.4. The highest BCUT2D eigenvalue weighted by Crippen LogP contribution is 2.19. The quantitative estimate of drug-likeness (QED) is 0.753. The number of anilines is 2. The Bertz CT molecular complexity index is 830. The normalized spacial score (nSPS) is 17.0. The van der Waals surface area contributed by atoms with Crippen molar-refractivity contribution in [3.63, 3.8) is 0 Å². The molecule has 3 heterocycles. The van der Waals surface area contributed by atoms with Gasteiger partial charge >= 0.3 is 0 Å². The summed E-state index contributed by atoms with van der Waals surface area (Å²) in [5.74, 6) is 1.39. The second-order valence-electron chi connectivity index (χ2n) is 7.41. The minimum atomic E-state index is -0.161. The van der Waals surface area contributed by atoms with E-state index in [1.807, 2.05) is 12.1 Å². The molecule has 29 heavy (non-hydrogen) atoms. The average Bonchev–Trinajstić information content (AvgIpc) is 2.80. The molecule has 1 saturated heterocycles. The number of amides is 1. The van der Waals surface area contributed by atoms with Crippen LogP contribution in [0, 0.1) is 0 Å². The molecule has 0 saturated carbocycles. The summed E-state index contributed by atoms with van der Waals surface area (Å²) < 4.78 is 0. The Balaban J connectivity index is 1.25. The zero-order chi connectivity index (χ0) is 19.9. The molecule has 1 N–H and O–H groups in total. The second kappa shape index (κ2) is 9.45. The summed E-state index contributed by atoms with van der Waals surface area (Å²) in [6.07, 6.45) is 11.6. The van der Waals surface area contributed by atoms with Gasteiger partial charge < -0.3 is 15.1 Å². The maximum atomic E-state index is 12.3. The van der Waals surface area contributed by atoms with Gasteiger partial charge in [-0.15, -0.1) is 10.2 Å². The van der Waals surface area contributed by atoms with Crippen molar-refractivity contribution in [2.24, 2.45) is 0 Å². The number of rotatable bonds is 6. The van der Waals surface area contributed by atoms with Gasteiger partial charge in [0, 0.05) is 45.1 Å². The molecule has 0 unspecified atom stereocenters. The number of aromatic nitrogens is 4. The summed E-state index contributed by atoms with van der Waals surface area (Å²) in [5, 5.41) is 11.4. The summed E-state index contributed by atoms with van der Waals surface area (Å²) in [5.41, 5.74) is 1.82. The van der Waals surface area contributed by atoms with Gasteiger partial charge in [-0.3, -0.25) is 4.79 Å². The molecule has 8 nitrogen and oxygen atoms in total. The Kier molecular flexibility index (Phi) is 6.29.